The zero-order chi connectivity index (χ0) is 18.2. The number of methoxy groups -OCH3 is 1. The number of nitrogens with one attached hydrogen (secondary N) is 1. The third-order valence-electron chi connectivity index (χ3n) is 4.16. The topological polar surface area (TPSA) is 51.2 Å². The molecule has 0 aliphatic rings. The standard InChI is InChI=1S/C22H22N2O2/c1-26-22(25)11-10-17-6-8-18(9-7-17)15-23-13-12-19-14-20-4-2-3-5-21(20)24-16-19/h2-11,14,16,23H,12-13,15H2,1H3/b11-10+. The molecule has 0 amide bonds. The van der Waals surface area contributed by atoms with Crippen molar-refractivity contribution >= 4 is 22.9 Å². The van der Waals surface area contributed by atoms with Gasteiger partial charge in [-0.1, -0.05) is 42.5 Å². The molecular weight excluding hydrogens is 324 g/mol. The minimum Gasteiger partial charge on any atom is -0.466 e. The second kappa shape index (κ2) is 8.92. The van der Waals surface area contributed by atoms with E-state index in [2.05, 4.69) is 39.3 Å². The first kappa shape index (κ1) is 17.8. The molecule has 1 N–H and O–H groups in total. The maximum absolute atomic E-state index is 11.1. The number of carbonyl (C=O) groups excluding carboxylic acids is 1. The molecule has 132 valence electrons. The number of esters is 1. The molecule has 0 saturated carbocycles. The number of benzene rings is 2. The molecule has 1 aromatic heterocycles. The molecule has 0 fully saturated rings. The number of fused-ring (bicyclic) bond motifs is 1. The summed E-state index contributed by atoms with van der Waals surface area (Å²) < 4.78 is 4.58. The molecule has 2 aromatic carbocycles. The molecule has 0 aliphatic carbocycles. The fourth-order valence-corrected chi connectivity index (χ4v) is 2.70. The summed E-state index contributed by atoms with van der Waals surface area (Å²) in [5.74, 6) is -0.348. The number of ether oxygens (including phenoxy) is 1. The van der Waals surface area contributed by atoms with Gasteiger partial charge in [0.15, 0.2) is 0 Å². The molecule has 1 heterocycles. The molecule has 4 heteroatoms. The van der Waals surface area contributed by atoms with Crippen LogP contribution in [0.15, 0.2) is 66.9 Å². The fraction of sp³-hybridized carbons (Fsp3) is 0.182. The van der Waals surface area contributed by atoms with Gasteiger partial charge < -0.3 is 10.1 Å². The summed E-state index contributed by atoms with van der Waals surface area (Å²) in [6.45, 7) is 1.70. The Morgan fingerprint density at radius 2 is 1.92 bits per heavy atom. The molecule has 0 spiro atoms. The van der Waals surface area contributed by atoms with E-state index in [0.29, 0.717) is 0 Å². The molecule has 3 aromatic rings. The van der Waals surface area contributed by atoms with Crippen LogP contribution in [0.2, 0.25) is 0 Å². The smallest absolute Gasteiger partial charge is 0.330 e. The Hall–Kier alpha value is -2.98. The van der Waals surface area contributed by atoms with Crippen LogP contribution in [0, 0.1) is 0 Å². The Balaban J connectivity index is 1.47. The van der Waals surface area contributed by atoms with Crippen LogP contribution in [0.5, 0.6) is 0 Å². The molecule has 0 unspecified atom stereocenters. The number of para-hydroxylation sites is 1. The highest BCUT2D eigenvalue weighted by atomic mass is 16.5. The second-order valence-corrected chi connectivity index (χ2v) is 6.06. The van der Waals surface area contributed by atoms with Crippen LogP contribution in [0.25, 0.3) is 17.0 Å². The van der Waals surface area contributed by atoms with E-state index in [0.717, 1.165) is 30.6 Å². The van der Waals surface area contributed by atoms with Gasteiger partial charge in [0, 0.05) is 24.2 Å². The predicted octanol–water partition coefficient (Wildman–Crippen LogP) is 3.75. The van der Waals surface area contributed by atoms with Crippen molar-refractivity contribution in [2.75, 3.05) is 13.7 Å². The van der Waals surface area contributed by atoms with Crippen molar-refractivity contribution in [2.24, 2.45) is 0 Å². The first-order valence-electron chi connectivity index (χ1n) is 8.64. The molecule has 3 rings (SSSR count). The van der Waals surface area contributed by atoms with Gasteiger partial charge in [-0.2, -0.15) is 0 Å². The predicted molar refractivity (Wildman–Crippen MR) is 105 cm³/mol. The van der Waals surface area contributed by atoms with Crippen LogP contribution in [-0.2, 0) is 22.5 Å². The molecule has 0 aliphatic heterocycles. The molecule has 0 radical (unpaired) electrons. The molecule has 0 atom stereocenters. The van der Waals surface area contributed by atoms with Crippen molar-refractivity contribution < 1.29 is 9.53 Å². The SMILES string of the molecule is COC(=O)/C=C/c1ccc(CNCCc2cnc3ccccc3c2)cc1. The zero-order valence-electron chi connectivity index (χ0n) is 14.8. The second-order valence-electron chi connectivity index (χ2n) is 6.06. The van der Waals surface area contributed by atoms with E-state index in [-0.39, 0.29) is 5.97 Å². The largest absolute Gasteiger partial charge is 0.466 e. The van der Waals surface area contributed by atoms with Gasteiger partial charge in [0.1, 0.15) is 0 Å². The van der Waals surface area contributed by atoms with Crippen molar-refractivity contribution in [1.82, 2.24) is 10.3 Å². The van der Waals surface area contributed by atoms with Gasteiger partial charge in [0.2, 0.25) is 0 Å². The number of nitrogens with zero attached hydrogens (tertiary/aromatic N) is 1. The number of pyridine rings is 1. The third-order valence-corrected chi connectivity index (χ3v) is 4.16. The molecular formula is C22H22N2O2. The van der Waals surface area contributed by atoms with Crippen LogP contribution >= 0.6 is 0 Å². The van der Waals surface area contributed by atoms with E-state index in [1.807, 2.05) is 36.5 Å². The minimum atomic E-state index is -0.348. The van der Waals surface area contributed by atoms with Gasteiger partial charge >= 0.3 is 5.97 Å². The minimum absolute atomic E-state index is 0.348. The lowest BCUT2D eigenvalue weighted by molar-refractivity contribution is -0.134. The lowest BCUT2D eigenvalue weighted by atomic mass is 10.1. The van der Waals surface area contributed by atoms with Crippen LogP contribution in [0.3, 0.4) is 0 Å². The monoisotopic (exact) mass is 346 g/mol. The highest BCUT2D eigenvalue weighted by molar-refractivity contribution is 5.86. The number of carbonyl (C=O) groups is 1. The van der Waals surface area contributed by atoms with E-state index in [1.165, 1.54) is 29.7 Å². The quantitative estimate of drug-likeness (QED) is 0.402. The van der Waals surface area contributed by atoms with E-state index in [9.17, 15) is 4.79 Å². The van der Waals surface area contributed by atoms with Crippen molar-refractivity contribution in [3.8, 4) is 0 Å². The summed E-state index contributed by atoms with van der Waals surface area (Å²) in [7, 11) is 1.37. The molecule has 26 heavy (non-hydrogen) atoms. The summed E-state index contributed by atoms with van der Waals surface area (Å²) in [5, 5.41) is 4.64. The van der Waals surface area contributed by atoms with Crippen molar-refractivity contribution in [3.63, 3.8) is 0 Å². The highest BCUT2D eigenvalue weighted by Crippen LogP contribution is 2.13. The Bertz CT molecular complexity index is 901. The average Bonchev–Trinajstić information content (AvgIpc) is 2.70. The van der Waals surface area contributed by atoms with Gasteiger partial charge in [0.25, 0.3) is 0 Å². The highest BCUT2D eigenvalue weighted by Gasteiger charge is 1.99. The van der Waals surface area contributed by atoms with Crippen molar-refractivity contribution in [2.45, 2.75) is 13.0 Å². The van der Waals surface area contributed by atoms with Crippen molar-refractivity contribution in [3.05, 3.63) is 83.6 Å². The summed E-state index contributed by atoms with van der Waals surface area (Å²) >= 11 is 0. The molecule has 4 nitrogen and oxygen atoms in total. The third kappa shape index (κ3) is 5.01. The Morgan fingerprint density at radius 1 is 1.12 bits per heavy atom. The van der Waals surface area contributed by atoms with Gasteiger partial charge in [-0.15, -0.1) is 0 Å². The van der Waals surface area contributed by atoms with E-state index in [4.69, 9.17) is 0 Å². The van der Waals surface area contributed by atoms with E-state index in [1.54, 1.807) is 6.08 Å². The van der Waals surface area contributed by atoms with E-state index < -0.39 is 0 Å². The molecule has 0 bridgehead atoms. The maximum atomic E-state index is 11.1. The fourth-order valence-electron chi connectivity index (χ4n) is 2.70. The van der Waals surface area contributed by atoms with Gasteiger partial charge in [-0.05, 0) is 47.9 Å². The number of hydrogen-bond acceptors (Lipinski definition) is 4. The summed E-state index contributed by atoms with van der Waals surface area (Å²) in [6, 6.07) is 18.5. The summed E-state index contributed by atoms with van der Waals surface area (Å²) in [5.41, 5.74) is 4.45. The lowest BCUT2D eigenvalue weighted by Gasteiger charge is -2.06. The Morgan fingerprint density at radius 3 is 2.73 bits per heavy atom. The lowest BCUT2D eigenvalue weighted by Crippen LogP contribution is -2.16. The number of rotatable bonds is 7. The first-order chi connectivity index (χ1) is 12.7. The number of aromatic nitrogens is 1. The maximum Gasteiger partial charge on any atom is 0.330 e. The zero-order valence-corrected chi connectivity index (χ0v) is 14.8. The van der Waals surface area contributed by atoms with Gasteiger partial charge in [-0.25, -0.2) is 4.79 Å². The Labute approximate surface area is 153 Å². The van der Waals surface area contributed by atoms with E-state index >= 15 is 0 Å². The average molecular weight is 346 g/mol. The molecule has 0 saturated heterocycles. The number of hydrogen-bond donors (Lipinski definition) is 1. The van der Waals surface area contributed by atoms with Crippen LogP contribution in [0.4, 0.5) is 0 Å². The van der Waals surface area contributed by atoms with Crippen LogP contribution < -0.4 is 5.32 Å². The Kier molecular flexibility index (Phi) is 6.12. The van der Waals surface area contributed by atoms with Crippen LogP contribution in [-0.4, -0.2) is 24.6 Å². The van der Waals surface area contributed by atoms with Crippen LogP contribution in [0.1, 0.15) is 16.7 Å². The normalized spacial score (nSPS) is 11.1. The van der Waals surface area contributed by atoms with Gasteiger partial charge in [0.05, 0.1) is 12.6 Å². The first-order valence-corrected chi connectivity index (χ1v) is 8.64. The van der Waals surface area contributed by atoms with Crippen molar-refractivity contribution in [1.29, 1.82) is 0 Å². The van der Waals surface area contributed by atoms with Gasteiger partial charge in [-0.3, -0.25) is 4.98 Å². The summed E-state index contributed by atoms with van der Waals surface area (Å²) in [6.07, 6.45) is 6.06. The summed E-state index contributed by atoms with van der Waals surface area (Å²) in [4.78, 5) is 15.6.